The lowest BCUT2D eigenvalue weighted by atomic mass is 9.91. The first-order valence-corrected chi connectivity index (χ1v) is 10.6. The zero-order chi connectivity index (χ0) is 20.1. The SMILES string of the molecule is CC(=O)Nc1nc(C(=O)NCc2ccccc2CN2C[C@H](C)C[C@H](C)C2)cs1. The molecule has 7 heteroatoms. The number of benzene rings is 1. The molecule has 2 N–H and O–H groups in total. The Hall–Kier alpha value is -2.25. The second-order valence-corrected chi connectivity index (χ2v) is 8.67. The summed E-state index contributed by atoms with van der Waals surface area (Å²) in [6.07, 6.45) is 1.29. The van der Waals surface area contributed by atoms with Crippen molar-refractivity contribution in [2.75, 3.05) is 18.4 Å². The Labute approximate surface area is 170 Å². The highest BCUT2D eigenvalue weighted by Crippen LogP contribution is 2.23. The largest absolute Gasteiger partial charge is 0.347 e. The number of thiazole rings is 1. The van der Waals surface area contributed by atoms with E-state index in [1.807, 2.05) is 6.07 Å². The van der Waals surface area contributed by atoms with Gasteiger partial charge in [0.15, 0.2) is 5.13 Å². The first-order valence-electron chi connectivity index (χ1n) is 9.71. The number of hydrogen-bond donors (Lipinski definition) is 2. The number of carbonyl (C=O) groups is 2. The number of aromatic nitrogens is 1. The molecule has 0 aliphatic carbocycles. The smallest absolute Gasteiger partial charge is 0.271 e. The van der Waals surface area contributed by atoms with Gasteiger partial charge in [0.05, 0.1) is 0 Å². The van der Waals surface area contributed by atoms with Crippen LogP contribution in [0.15, 0.2) is 29.6 Å². The Bertz CT molecular complexity index is 825. The number of anilines is 1. The molecule has 3 rings (SSSR count). The van der Waals surface area contributed by atoms with E-state index >= 15 is 0 Å². The Morgan fingerprint density at radius 1 is 1.18 bits per heavy atom. The Balaban J connectivity index is 1.61. The summed E-state index contributed by atoms with van der Waals surface area (Å²) in [7, 11) is 0. The molecule has 1 fully saturated rings. The number of rotatable bonds is 6. The molecule has 6 nitrogen and oxygen atoms in total. The van der Waals surface area contributed by atoms with Crippen LogP contribution in [0.5, 0.6) is 0 Å². The van der Waals surface area contributed by atoms with Crippen molar-refractivity contribution in [3.8, 4) is 0 Å². The molecule has 0 radical (unpaired) electrons. The minimum absolute atomic E-state index is 0.198. The number of nitrogens with one attached hydrogen (secondary N) is 2. The Morgan fingerprint density at radius 3 is 2.54 bits per heavy atom. The number of hydrogen-bond acceptors (Lipinski definition) is 5. The molecule has 2 amide bonds. The van der Waals surface area contributed by atoms with Gasteiger partial charge in [-0.25, -0.2) is 4.98 Å². The average molecular weight is 401 g/mol. The summed E-state index contributed by atoms with van der Waals surface area (Å²) in [5.41, 5.74) is 2.70. The number of likely N-dealkylation sites (tertiary alicyclic amines) is 1. The van der Waals surface area contributed by atoms with Gasteiger partial charge in [-0.3, -0.25) is 14.5 Å². The van der Waals surface area contributed by atoms with Gasteiger partial charge in [0.25, 0.3) is 5.91 Å². The molecule has 1 aliphatic heterocycles. The molecule has 2 heterocycles. The highest BCUT2D eigenvalue weighted by Gasteiger charge is 2.22. The average Bonchev–Trinajstić information content (AvgIpc) is 3.07. The third kappa shape index (κ3) is 5.62. The number of amides is 2. The van der Waals surface area contributed by atoms with E-state index in [9.17, 15) is 9.59 Å². The van der Waals surface area contributed by atoms with E-state index in [1.54, 1.807) is 5.38 Å². The molecular formula is C21H28N4O2S. The van der Waals surface area contributed by atoms with Crippen LogP contribution in [0.2, 0.25) is 0 Å². The van der Waals surface area contributed by atoms with Crippen LogP contribution in [0.3, 0.4) is 0 Å². The van der Waals surface area contributed by atoms with E-state index in [4.69, 9.17) is 0 Å². The van der Waals surface area contributed by atoms with Crippen LogP contribution < -0.4 is 10.6 Å². The summed E-state index contributed by atoms with van der Waals surface area (Å²) >= 11 is 1.24. The van der Waals surface area contributed by atoms with Gasteiger partial charge >= 0.3 is 0 Å². The topological polar surface area (TPSA) is 74.3 Å². The fraction of sp³-hybridized carbons (Fsp3) is 0.476. The molecule has 0 unspecified atom stereocenters. The van der Waals surface area contributed by atoms with Crippen LogP contribution in [0.25, 0.3) is 0 Å². The summed E-state index contributed by atoms with van der Waals surface area (Å²) in [6.45, 7) is 9.66. The van der Waals surface area contributed by atoms with Crippen molar-refractivity contribution in [1.82, 2.24) is 15.2 Å². The molecule has 0 spiro atoms. The maximum absolute atomic E-state index is 12.4. The lowest BCUT2D eigenvalue weighted by Gasteiger charge is -2.35. The van der Waals surface area contributed by atoms with Gasteiger partial charge in [0.2, 0.25) is 5.91 Å². The Kier molecular flexibility index (Phi) is 6.80. The molecule has 2 aromatic rings. The second kappa shape index (κ2) is 9.30. The molecule has 1 saturated heterocycles. The molecule has 0 bridgehead atoms. The second-order valence-electron chi connectivity index (χ2n) is 7.81. The van der Waals surface area contributed by atoms with Gasteiger partial charge in [0, 0.05) is 38.5 Å². The molecule has 2 atom stereocenters. The molecule has 28 heavy (non-hydrogen) atoms. The summed E-state index contributed by atoms with van der Waals surface area (Å²) in [6, 6.07) is 8.26. The van der Waals surface area contributed by atoms with E-state index in [2.05, 4.69) is 52.6 Å². The lowest BCUT2D eigenvalue weighted by molar-refractivity contribution is -0.114. The fourth-order valence-electron chi connectivity index (χ4n) is 3.90. The normalized spacial score (nSPS) is 20.0. The predicted molar refractivity (Wildman–Crippen MR) is 112 cm³/mol. The lowest BCUT2D eigenvalue weighted by Crippen LogP contribution is -2.38. The zero-order valence-corrected chi connectivity index (χ0v) is 17.5. The molecule has 150 valence electrons. The fourth-order valence-corrected chi connectivity index (χ4v) is 4.64. The zero-order valence-electron chi connectivity index (χ0n) is 16.7. The van der Waals surface area contributed by atoms with Crippen molar-refractivity contribution in [3.05, 3.63) is 46.5 Å². The van der Waals surface area contributed by atoms with Crippen molar-refractivity contribution in [3.63, 3.8) is 0 Å². The van der Waals surface area contributed by atoms with Gasteiger partial charge in [0.1, 0.15) is 5.69 Å². The van der Waals surface area contributed by atoms with Crippen LogP contribution >= 0.6 is 11.3 Å². The third-order valence-electron chi connectivity index (χ3n) is 4.92. The number of piperidine rings is 1. The van der Waals surface area contributed by atoms with Gasteiger partial charge in [-0.15, -0.1) is 11.3 Å². The maximum atomic E-state index is 12.4. The van der Waals surface area contributed by atoms with Crippen molar-refractivity contribution < 1.29 is 9.59 Å². The monoisotopic (exact) mass is 400 g/mol. The van der Waals surface area contributed by atoms with Gasteiger partial charge in [-0.2, -0.15) is 0 Å². The van der Waals surface area contributed by atoms with Crippen molar-refractivity contribution >= 4 is 28.3 Å². The molecule has 1 aromatic heterocycles. The summed E-state index contributed by atoms with van der Waals surface area (Å²) < 4.78 is 0. The maximum Gasteiger partial charge on any atom is 0.271 e. The van der Waals surface area contributed by atoms with Crippen molar-refractivity contribution in [2.45, 2.75) is 40.3 Å². The minimum Gasteiger partial charge on any atom is -0.347 e. The minimum atomic E-state index is -0.233. The highest BCUT2D eigenvalue weighted by atomic mass is 32.1. The van der Waals surface area contributed by atoms with E-state index in [0.29, 0.717) is 17.4 Å². The predicted octanol–water partition coefficient (Wildman–Crippen LogP) is 3.51. The standard InChI is InChI=1S/C21H28N4O2S/c1-14-8-15(2)11-25(10-14)12-18-7-5-4-6-17(18)9-22-20(27)19-13-28-21(24-19)23-16(3)26/h4-7,13-15H,8-12H2,1-3H3,(H,22,27)(H,23,24,26)/t14-,15+. The van der Waals surface area contributed by atoms with Crippen molar-refractivity contribution in [2.24, 2.45) is 11.8 Å². The van der Waals surface area contributed by atoms with Crippen LogP contribution in [0.4, 0.5) is 5.13 Å². The molecular weight excluding hydrogens is 372 g/mol. The first-order chi connectivity index (χ1) is 13.4. The molecule has 1 aliphatic rings. The van der Waals surface area contributed by atoms with Gasteiger partial charge in [-0.05, 0) is 29.4 Å². The quantitative estimate of drug-likeness (QED) is 0.778. The summed E-state index contributed by atoms with van der Waals surface area (Å²) in [5.74, 6) is 1.01. The van der Waals surface area contributed by atoms with E-state index in [-0.39, 0.29) is 11.8 Å². The van der Waals surface area contributed by atoms with Crippen LogP contribution in [0.1, 0.15) is 48.8 Å². The van der Waals surface area contributed by atoms with Crippen LogP contribution in [-0.2, 0) is 17.9 Å². The number of nitrogens with zero attached hydrogens (tertiary/aromatic N) is 2. The molecule has 0 saturated carbocycles. The van der Waals surface area contributed by atoms with E-state index in [0.717, 1.165) is 37.0 Å². The van der Waals surface area contributed by atoms with Crippen LogP contribution in [-0.4, -0.2) is 34.8 Å². The highest BCUT2D eigenvalue weighted by molar-refractivity contribution is 7.14. The van der Waals surface area contributed by atoms with E-state index < -0.39 is 0 Å². The summed E-state index contributed by atoms with van der Waals surface area (Å²) in [4.78, 5) is 30.2. The van der Waals surface area contributed by atoms with Crippen molar-refractivity contribution in [1.29, 1.82) is 0 Å². The third-order valence-corrected chi connectivity index (χ3v) is 5.67. The van der Waals surface area contributed by atoms with Crippen LogP contribution in [0, 0.1) is 11.8 Å². The number of carbonyl (C=O) groups excluding carboxylic acids is 2. The molecule has 1 aromatic carbocycles. The summed E-state index contributed by atoms with van der Waals surface area (Å²) in [5, 5.41) is 7.64. The van der Waals surface area contributed by atoms with Gasteiger partial charge in [-0.1, -0.05) is 38.1 Å². The van der Waals surface area contributed by atoms with Gasteiger partial charge < -0.3 is 10.6 Å². The van der Waals surface area contributed by atoms with E-state index in [1.165, 1.54) is 30.2 Å². The Morgan fingerprint density at radius 2 is 1.86 bits per heavy atom. The first kappa shape index (κ1) is 20.5.